The van der Waals surface area contributed by atoms with Gasteiger partial charge in [-0.3, -0.25) is 0 Å². The van der Waals surface area contributed by atoms with Crippen molar-refractivity contribution in [3.63, 3.8) is 0 Å². The van der Waals surface area contributed by atoms with Crippen molar-refractivity contribution in [1.29, 1.82) is 0 Å². The van der Waals surface area contributed by atoms with E-state index in [9.17, 15) is 0 Å². The zero-order valence-electron chi connectivity index (χ0n) is 27.6. The Labute approximate surface area is 293 Å². The molecule has 0 radical (unpaired) electrons. The third-order valence-electron chi connectivity index (χ3n) is 10.5. The van der Waals surface area contributed by atoms with E-state index >= 15 is 0 Å². The van der Waals surface area contributed by atoms with Crippen molar-refractivity contribution >= 4 is 93.1 Å². The highest BCUT2D eigenvalue weighted by Gasteiger charge is 2.24. The van der Waals surface area contributed by atoms with Gasteiger partial charge in [0.25, 0.3) is 0 Å². The van der Waals surface area contributed by atoms with E-state index in [0.717, 1.165) is 50.2 Å². The molecule has 0 saturated heterocycles. The predicted octanol–water partition coefficient (Wildman–Crippen LogP) is 13.6. The predicted molar refractivity (Wildman–Crippen MR) is 215 cm³/mol. The van der Waals surface area contributed by atoms with Crippen LogP contribution in [0.1, 0.15) is 0 Å². The number of nitrogens with zero attached hydrogens (tertiary/aromatic N) is 2. The summed E-state index contributed by atoms with van der Waals surface area (Å²) < 4.78 is 8.84. The largest absolute Gasteiger partial charge is 0.456 e. The Balaban J connectivity index is 1.24. The molecule has 0 unspecified atom stereocenters. The van der Waals surface area contributed by atoms with E-state index in [1.165, 1.54) is 48.6 Å². The summed E-state index contributed by atoms with van der Waals surface area (Å²) >= 11 is 0. The second-order valence-electron chi connectivity index (χ2n) is 13.3. The molecule has 0 saturated carbocycles. The highest BCUT2D eigenvalue weighted by atomic mass is 16.3. The van der Waals surface area contributed by atoms with Gasteiger partial charge in [-0.2, -0.15) is 0 Å². The number of hydrogen-bond acceptors (Lipinski definition) is 2. The van der Waals surface area contributed by atoms with Crippen LogP contribution >= 0.6 is 0 Å². The van der Waals surface area contributed by atoms with Crippen LogP contribution in [0.2, 0.25) is 0 Å². The lowest BCUT2D eigenvalue weighted by molar-refractivity contribution is 0.669. The highest BCUT2D eigenvalue weighted by molar-refractivity contribution is 6.21. The normalized spacial score (nSPS) is 11.9. The second-order valence-corrected chi connectivity index (χ2v) is 13.3. The van der Waals surface area contributed by atoms with E-state index in [1.807, 2.05) is 6.07 Å². The van der Waals surface area contributed by atoms with Crippen molar-refractivity contribution in [1.82, 2.24) is 4.57 Å². The topological polar surface area (TPSA) is 21.3 Å². The molecule has 238 valence electrons. The molecule has 51 heavy (non-hydrogen) atoms. The molecular weight excluding hydrogens is 621 g/mol. The quantitative estimate of drug-likeness (QED) is 0.177. The van der Waals surface area contributed by atoms with Gasteiger partial charge < -0.3 is 13.9 Å². The van der Waals surface area contributed by atoms with Crippen molar-refractivity contribution in [2.45, 2.75) is 0 Å². The lowest BCUT2D eigenvalue weighted by atomic mass is 9.96. The zero-order valence-corrected chi connectivity index (χ0v) is 27.6. The van der Waals surface area contributed by atoms with Crippen molar-refractivity contribution in [2.75, 3.05) is 4.90 Å². The minimum Gasteiger partial charge on any atom is -0.456 e. The molecule has 0 bridgehead atoms. The lowest BCUT2D eigenvalue weighted by Gasteiger charge is -2.27. The molecule has 0 aliphatic carbocycles. The lowest BCUT2D eigenvalue weighted by Crippen LogP contribution is -2.11. The van der Waals surface area contributed by atoms with Crippen LogP contribution in [-0.4, -0.2) is 4.57 Å². The van der Waals surface area contributed by atoms with Crippen LogP contribution in [0.15, 0.2) is 186 Å². The van der Waals surface area contributed by atoms with Gasteiger partial charge in [0.05, 0.1) is 27.8 Å². The third kappa shape index (κ3) is 4.12. The van der Waals surface area contributed by atoms with Gasteiger partial charge in [-0.1, -0.05) is 121 Å². The van der Waals surface area contributed by atoms with Gasteiger partial charge in [-0.25, -0.2) is 0 Å². The second kappa shape index (κ2) is 10.8. The van der Waals surface area contributed by atoms with Gasteiger partial charge in [0.1, 0.15) is 11.2 Å². The first-order valence-electron chi connectivity index (χ1n) is 17.4. The highest BCUT2D eigenvalue weighted by Crippen LogP contribution is 2.48. The summed E-state index contributed by atoms with van der Waals surface area (Å²) in [5.41, 5.74) is 8.51. The Morgan fingerprint density at radius 1 is 0.373 bits per heavy atom. The first-order valence-corrected chi connectivity index (χ1v) is 17.4. The van der Waals surface area contributed by atoms with Crippen LogP contribution in [-0.2, 0) is 0 Å². The summed E-state index contributed by atoms with van der Waals surface area (Å²) in [7, 11) is 0. The smallest absolute Gasteiger partial charge is 0.137 e. The molecule has 0 fully saturated rings. The van der Waals surface area contributed by atoms with E-state index in [1.54, 1.807) is 0 Å². The van der Waals surface area contributed by atoms with Gasteiger partial charge in [0.2, 0.25) is 0 Å². The number of rotatable bonds is 4. The van der Waals surface area contributed by atoms with E-state index in [2.05, 4.69) is 185 Å². The molecule has 3 heteroatoms. The summed E-state index contributed by atoms with van der Waals surface area (Å²) in [4.78, 5) is 2.44. The Morgan fingerprint density at radius 2 is 0.980 bits per heavy atom. The van der Waals surface area contributed by atoms with Crippen LogP contribution < -0.4 is 4.90 Å². The maximum atomic E-state index is 6.46. The van der Waals surface area contributed by atoms with E-state index < -0.39 is 0 Å². The van der Waals surface area contributed by atoms with Crippen LogP contribution in [0.25, 0.3) is 81.7 Å². The third-order valence-corrected chi connectivity index (χ3v) is 10.5. The Bertz CT molecular complexity index is 3150. The molecule has 2 heterocycles. The average molecular weight is 651 g/mol. The zero-order chi connectivity index (χ0) is 33.5. The molecule has 2 aromatic heterocycles. The van der Waals surface area contributed by atoms with Crippen molar-refractivity contribution in [3.8, 4) is 5.69 Å². The summed E-state index contributed by atoms with van der Waals surface area (Å²) in [6, 6.07) is 65.6. The monoisotopic (exact) mass is 650 g/mol. The number of para-hydroxylation sites is 3. The van der Waals surface area contributed by atoms with Gasteiger partial charge in [0.15, 0.2) is 0 Å². The number of benzene rings is 9. The Morgan fingerprint density at radius 3 is 1.84 bits per heavy atom. The van der Waals surface area contributed by atoms with Crippen LogP contribution in [0.3, 0.4) is 0 Å². The SMILES string of the molecule is c1ccc(-n2c3ccccc3c3c(N(c4ccc5c(ccc6c7ccccc7ccc56)c4)c4cccc5oc6ccccc6c45)cccc32)cc1. The minimum absolute atomic E-state index is 0.872. The molecule has 0 amide bonds. The molecule has 9 aromatic carbocycles. The van der Waals surface area contributed by atoms with Crippen LogP contribution in [0, 0.1) is 0 Å². The van der Waals surface area contributed by atoms with Crippen LogP contribution in [0.4, 0.5) is 17.1 Å². The number of anilines is 3. The Hall–Kier alpha value is -6.84. The summed E-state index contributed by atoms with van der Waals surface area (Å²) in [6.45, 7) is 0. The maximum absolute atomic E-state index is 6.46. The molecule has 11 aromatic rings. The molecule has 11 rings (SSSR count). The first-order chi connectivity index (χ1) is 25.3. The number of furan rings is 1. The van der Waals surface area contributed by atoms with E-state index in [-0.39, 0.29) is 0 Å². The molecule has 0 atom stereocenters. The van der Waals surface area contributed by atoms with Crippen LogP contribution in [0.5, 0.6) is 0 Å². The van der Waals surface area contributed by atoms with Gasteiger partial charge in [-0.05, 0) is 93.0 Å². The molecule has 0 N–H and O–H groups in total. The molecular formula is C48H30N2O. The minimum atomic E-state index is 0.872. The molecule has 3 nitrogen and oxygen atoms in total. The van der Waals surface area contributed by atoms with Crippen molar-refractivity contribution < 1.29 is 4.42 Å². The summed E-state index contributed by atoms with van der Waals surface area (Å²) in [5, 5.41) is 12.1. The average Bonchev–Trinajstić information content (AvgIpc) is 3.75. The van der Waals surface area contributed by atoms with Crippen molar-refractivity contribution in [2.24, 2.45) is 0 Å². The fraction of sp³-hybridized carbons (Fsp3) is 0. The maximum Gasteiger partial charge on any atom is 0.137 e. The van der Waals surface area contributed by atoms with E-state index in [0.29, 0.717) is 0 Å². The molecule has 0 spiro atoms. The fourth-order valence-electron chi connectivity index (χ4n) is 8.35. The van der Waals surface area contributed by atoms with Gasteiger partial charge in [0, 0.05) is 27.5 Å². The standard InChI is InChI=1S/C48H30N2O/c1-2-13-33(14-3-1)49-41-18-8-6-16-39(41)47-42(49)19-10-20-43(47)50(44-21-11-23-46-48(44)40-17-7-9-22-45(40)51-46)34-26-29-36-32(30-34)25-28-37-35-15-5-4-12-31(35)24-27-38(36)37/h1-30H. The molecule has 0 aliphatic heterocycles. The number of hydrogen-bond donors (Lipinski definition) is 0. The summed E-state index contributed by atoms with van der Waals surface area (Å²) in [5.74, 6) is 0. The fourth-order valence-corrected chi connectivity index (χ4v) is 8.35. The molecule has 0 aliphatic rings. The summed E-state index contributed by atoms with van der Waals surface area (Å²) in [6.07, 6.45) is 0. The van der Waals surface area contributed by atoms with Gasteiger partial charge in [-0.15, -0.1) is 0 Å². The Kier molecular flexibility index (Phi) is 5.96. The number of aromatic nitrogens is 1. The first kappa shape index (κ1) is 28.0. The number of fused-ring (bicyclic) bond motifs is 11. The van der Waals surface area contributed by atoms with E-state index in [4.69, 9.17) is 4.42 Å². The van der Waals surface area contributed by atoms with Crippen molar-refractivity contribution in [3.05, 3.63) is 182 Å². The van der Waals surface area contributed by atoms with Gasteiger partial charge >= 0.3 is 0 Å².